The average Bonchev–Trinajstić information content (AvgIpc) is 3.19. The molecule has 2 aliphatic rings. The number of piperazine rings is 1. The molecule has 0 aliphatic carbocycles. The van der Waals surface area contributed by atoms with E-state index in [1.165, 1.54) is 5.57 Å². The Morgan fingerprint density at radius 2 is 1.87 bits per heavy atom. The highest BCUT2D eigenvalue weighted by molar-refractivity contribution is 6.38. The monoisotopic (exact) mass is 424 g/mol. The number of hydrogen-bond acceptors (Lipinski definition) is 6. The lowest BCUT2D eigenvalue weighted by Crippen LogP contribution is -2.44. The number of nitrogens with zero attached hydrogens (tertiary/aromatic N) is 5. The molecule has 1 aromatic carbocycles. The Balaban J connectivity index is 1.57. The van der Waals surface area contributed by atoms with E-state index in [9.17, 15) is 0 Å². The van der Waals surface area contributed by atoms with Crippen molar-refractivity contribution in [1.82, 2.24) is 30.2 Å². The molecule has 2 aromatic heterocycles. The van der Waals surface area contributed by atoms with Crippen LogP contribution < -0.4 is 5.32 Å². The molecule has 3 aromatic rings. The fourth-order valence-corrected chi connectivity index (χ4v) is 4.41. The van der Waals surface area contributed by atoms with Gasteiger partial charge in [0.05, 0.1) is 35.9 Å². The van der Waals surface area contributed by atoms with Crippen molar-refractivity contribution in [2.24, 2.45) is 0 Å². The largest absolute Gasteiger partial charge is 0.377 e. The first kappa shape index (κ1) is 19.6. The molecule has 30 heavy (non-hydrogen) atoms. The van der Waals surface area contributed by atoms with Gasteiger partial charge in [-0.15, -0.1) is 10.2 Å². The van der Waals surface area contributed by atoms with E-state index in [2.05, 4.69) is 26.5 Å². The lowest BCUT2D eigenvalue weighted by atomic mass is 10.0. The Kier molecular flexibility index (Phi) is 5.77. The number of rotatable bonds is 5. The van der Waals surface area contributed by atoms with E-state index in [-0.39, 0.29) is 0 Å². The van der Waals surface area contributed by atoms with Crippen molar-refractivity contribution in [3.05, 3.63) is 47.1 Å². The van der Waals surface area contributed by atoms with E-state index in [4.69, 9.17) is 21.4 Å². The van der Waals surface area contributed by atoms with Gasteiger partial charge in [-0.05, 0) is 12.0 Å². The van der Waals surface area contributed by atoms with Crippen LogP contribution in [0.1, 0.15) is 12.1 Å². The van der Waals surface area contributed by atoms with Crippen LogP contribution >= 0.6 is 11.6 Å². The van der Waals surface area contributed by atoms with Gasteiger partial charge < -0.3 is 10.1 Å². The predicted molar refractivity (Wildman–Crippen MR) is 118 cm³/mol. The summed E-state index contributed by atoms with van der Waals surface area (Å²) >= 11 is 6.93. The molecule has 0 amide bonds. The molecule has 0 atom stereocenters. The maximum atomic E-state index is 6.93. The van der Waals surface area contributed by atoms with E-state index >= 15 is 0 Å². The van der Waals surface area contributed by atoms with Crippen molar-refractivity contribution in [3.63, 3.8) is 0 Å². The van der Waals surface area contributed by atoms with Gasteiger partial charge in [0, 0.05) is 38.3 Å². The predicted octanol–water partition coefficient (Wildman–Crippen LogP) is 2.86. The second-order valence-electron chi connectivity index (χ2n) is 7.64. The molecule has 1 N–H and O–H groups in total. The number of benzene rings is 1. The fraction of sp³-hybridized carbons (Fsp3) is 0.409. The van der Waals surface area contributed by atoms with Crippen LogP contribution in [0.5, 0.6) is 0 Å². The summed E-state index contributed by atoms with van der Waals surface area (Å²) < 4.78 is 7.47. The summed E-state index contributed by atoms with van der Waals surface area (Å²) in [4.78, 5) is 2.45. The third-order valence-electron chi connectivity index (χ3n) is 5.75. The van der Waals surface area contributed by atoms with Crippen LogP contribution in [0.15, 0.2) is 36.4 Å². The summed E-state index contributed by atoms with van der Waals surface area (Å²) in [6, 6.07) is 9.95. The van der Waals surface area contributed by atoms with Crippen molar-refractivity contribution in [2.45, 2.75) is 13.0 Å². The number of aromatic nitrogens is 4. The summed E-state index contributed by atoms with van der Waals surface area (Å²) in [5.41, 5.74) is 4.47. The lowest BCUT2D eigenvalue weighted by Gasteiger charge is -2.26. The van der Waals surface area contributed by atoms with Crippen LogP contribution in [0.4, 0.5) is 0 Å². The Morgan fingerprint density at radius 1 is 1.03 bits per heavy atom. The van der Waals surface area contributed by atoms with E-state index < -0.39 is 0 Å². The zero-order valence-electron chi connectivity index (χ0n) is 16.9. The number of fused-ring (bicyclic) bond motifs is 1. The molecule has 8 heteroatoms. The van der Waals surface area contributed by atoms with Crippen LogP contribution in [0.25, 0.3) is 27.9 Å². The van der Waals surface area contributed by atoms with E-state index in [0.717, 1.165) is 68.0 Å². The lowest BCUT2D eigenvalue weighted by molar-refractivity contribution is 0.161. The summed E-state index contributed by atoms with van der Waals surface area (Å²) in [5.74, 6) is 0. The molecular formula is C22H25ClN6O. The van der Waals surface area contributed by atoms with Crippen molar-refractivity contribution < 1.29 is 4.74 Å². The number of nitrogens with one attached hydrogen (secondary N) is 1. The van der Waals surface area contributed by atoms with Crippen LogP contribution in [-0.4, -0.2) is 70.8 Å². The molecule has 7 nitrogen and oxygen atoms in total. The zero-order chi connectivity index (χ0) is 20.3. The molecule has 1 saturated heterocycles. The number of hydrogen-bond donors (Lipinski definition) is 1. The minimum absolute atomic E-state index is 0.603. The third-order valence-corrected chi connectivity index (χ3v) is 6.12. The van der Waals surface area contributed by atoms with Gasteiger partial charge in [0.25, 0.3) is 0 Å². The maximum Gasteiger partial charge on any atom is 0.182 e. The summed E-state index contributed by atoms with van der Waals surface area (Å²) in [7, 11) is 0. The molecule has 156 valence electrons. The molecule has 0 unspecified atom stereocenters. The van der Waals surface area contributed by atoms with E-state index in [1.807, 2.05) is 35.0 Å². The SMILES string of the molecule is Clc1c(-c2ccccc2)nnc2c1c(C1=CCOCC1)nn2CCN1CCNCC1. The molecule has 2 aliphatic heterocycles. The molecule has 0 saturated carbocycles. The molecule has 0 radical (unpaired) electrons. The highest BCUT2D eigenvalue weighted by atomic mass is 35.5. The smallest absolute Gasteiger partial charge is 0.182 e. The second-order valence-corrected chi connectivity index (χ2v) is 8.02. The number of halogens is 1. The van der Waals surface area contributed by atoms with Crippen molar-refractivity contribution >= 4 is 28.2 Å². The minimum atomic E-state index is 0.603. The topological polar surface area (TPSA) is 68.1 Å². The van der Waals surface area contributed by atoms with Gasteiger partial charge in [-0.25, -0.2) is 4.68 Å². The standard InChI is InChI=1S/C22H25ClN6O/c23-19-18-20(17-6-14-30-15-7-17)27-29(13-12-28-10-8-24-9-11-28)22(18)26-25-21(19)16-4-2-1-3-5-16/h1-6,24H,7-15H2. The Bertz CT molecular complexity index is 1060. The average molecular weight is 425 g/mol. The van der Waals surface area contributed by atoms with Crippen LogP contribution in [-0.2, 0) is 11.3 Å². The highest BCUT2D eigenvalue weighted by Gasteiger charge is 2.23. The molecule has 4 heterocycles. The quantitative estimate of drug-likeness (QED) is 0.679. The first-order valence-electron chi connectivity index (χ1n) is 10.5. The Morgan fingerprint density at radius 3 is 2.63 bits per heavy atom. The second kappa shape index (κ2) is 8.81. The van der Waals surface area contributed by atoms with Gasteiger partial charge in [-0.3, -0.25) is 4.90 Å². The van der Waals surface area contributed by atoms with Gasteiger partial charge in [-0.1, -0.05) is 48.0 Å². The van der Waals surface area contributed by atoms with Gasteiger partial charge in [-0.2, -0.15) is 5.10 Å². The molecule has 5 rings (SSSR count). The minimum Gasteiger partial charge on any atom is -0.377 e. The van der Waals surface area contributed by atoms with Crippen LogP contribution in [0.3, 0.4) is 0 Å². The number of ether oxygens (including phenoxy) is 1. The van der Waals surface area contributed by atoms with E-state index in [0.29, 0.717) is 23.9 Å². The van der Waals surface area contributed by atoms with Gasteiger partial charge in [0.15, 0.2) is 5.65 Å². The van der Waals surface area contributed by atoms with E-state index in [1.54, 1.807) is 0 Å². The Labute approximate surface area is 180 Å². The molecular weight excluding hydrogens is 400 g/mol. The normalized spacial score (nSPS) is 18.0. The van der Waals surface area contributed by atoms with Crippen LogP contribution in [0.2, 0.25) is 5.02 Å². The van der Waals surface area contributed by atoms with Gasteiger partial charge in [0.1, 0.15) is 5.69 Å². The summed E-state index contributed by atoms with van der Waals surface area (Å²) in [6.45, 7) is 7.16. The third kappa shape index (κ3) is 3.86. The van der Waals surface area contributed by atoms with Gasteiger partial charge >= 0.3 is 0 Å². The Hall–Kier alpha value is -2.32. The van der Waals surface area contributed by atoms with Crippen molar-refractivity contribution in [1.29, 1.82) is 0 Å². The zero-order valence-corrected chi connectivity index (χ0v) is 17.6. The summed E-state index contributed by atoms with van der Waals surface area (Å²) in [6.07, 6.45) is 2.92. The van der Waals surface area contributed by atoms with Gasteiger partial charge in [0.2, 0.25) is 0 Å². The summed E-state index contributed by atoms with van der Waals surface area (Å²) in [5, 5.41) is 18.9. The maximum absolute atomic E-state index is 6.93. The first-order chi connectivity index (χ1) is 14.8. The molecule has 1 fully saturated rings. The van der Waals surface area contributed by atoms with Crippen molar-refractivity contribution in [2.75, 3.05) is 45.9 Å². The molecule has 0 bridgehead atoms. The van der Waals surface area contributed by atoms with Crippen molar-refractivity contribution in [3.8, 4) is 11.3 Å². The first-order valence-corrected chi connectivity index (χ1v) is 10.9. The molecule has 0 spiro atoms. The fourth-order valence-electron chi connectivity index (χ4n) is 4.09. The van der Waals surface area contributed by atoms with Crippen LogP contribution in [0, 0.1) is 0 Å². The highest BCUT2D eigenvalue weighted by Crippen LogP contribution is 2.36.